The minimum atomic E-state index is -1.53. The average Bonchev–Trinajstić information content (AvgIpc) is 3.12. The summed E-state index contributed by atoms with van der Waals surface area (Å²) >= 11 is 1.27. The van der Waals surface area contributed by atoms with Crippen LogP contribution < -0.4 is 0 Å². The van der Waals surface area contributed by atoms with Gasteiger partial charge in [-0.2, -0.15) is 0 Å². The van der Waals surface area contributed by atoms with E-state index >= 15 is 0 Å². The molecule has 5 nitrogen and oxygen atoms in total. The standard InChI is InChI=1S/C19H16N2O3S/c1-2-13(17(22)23)16-19(24,12-8-4-3-5-9-12)21-15-11-7-6-10-14(15)20-18(21)25-16/h2-11,13,16,24H,1H2,(H,22,23). The number of aromatic nitrogens is 2. The van der Waals surface area contributed by atoms with E-state index < -0.39 is 22.9 Å². The number of nitrogens with zero attached hydrogens (tertiary/aromatic N) is 2. The Morgan fingerprint density at radius 2 is 1.92 bits per heavy atom. The fraction of sp³-hybridized carbons (Fsp3) is 0.158. The number of hydrogen-bond donors (Lipinski definition) is 2. The van der Waals surface area contributed by atoms with E-state index in [0.29, 0.717) is 10.7 Å². The van der Waals surface area contributed by atoms with E-state index in [9.17, 15) is 15.0 Å². The van der Waals surface area contributed by atoms with Crippen LogP contribution in [-0.4, -0.2) is 31.0 Å². The Hall–Kier alpha value is -2.57. The summed E-state index contributed by atoms with van der Waals surface area (Å²) in [6, 6.07) is 16.7. The van der Waals surface area contributed by atoms with Gasteiger partial charge in [-0.3, -0.25) is 9.36 Å². The molecule has 1 aliphatic heterocycles. The highest BCUT2D eigenvalue weighted by Gasteiger charge is 2.53. The smallest absolute Gasteiger partial charge is 0.311 e. The number of carboxylic acids is 1. The van der Waals surface area contributed by atoms with Crippen molar-refractivity contribution in [3.63, 3.8) is 0 Å². The molecule has 0 amide bonds. The van der Waals surface area contributed by atoms with Crippen molar-refractivity contribution in [3.05, 3.63) is 72.8 Å². The van der Waals surface area contributed by atoms with Crippen LogP contribution in [0.4, 0.5) is 0 Å². The van der Waals surface area contributed by atoms with Crippen molar-refractivity contribution in [1.29, 1.82) is 0 Å². The average molecular weight is 352 g/mol. The van der Waals surface area contributed by atoms with Crippen molar-refractivity contribution in [2.24, 2.45) is 5.92 Å². The molecule has 2 aromatic carbocycles. The minimum absolute atomic E-state index is 0.602. The number of carbonyl (C=O) groups is 1. The molecule has 0 radical (unpaired) electrons. The van der Waals surface area contributed by atoms with Gasteiger partial charge in [-0.1, -0.05) is 60.3 Å². The highest BCUT2D eigenvalue weighted by molar-refractivity contribution is 8.00. The van der Waals surface area contributed by atoms with Crippen LogP contribution in [0.1, 0.15) is 5.56 Å². The molecular weight excluding hydrogens is 336 g/mol. The number of aliphatic carboxylic acids is 1. The molecule has 0 spiro atoms. The zero-order chi connectivity index (χ0) is 17.6. The monoisotopic (exact) mass is 352 g/mol. The van der Waals surface area contributed by atoms with E-state index in [4.69, 9.17) is 0 Å². The van der Waals surface area contributed by atoms with Gasteiger partial charge in [0.15, 0.2) is 10.9 Å². The van der Waals surface area contributed by atoms with Crippen LogP contribution in [-0.2, 0) is 10.5 Å². The van der Waals surface area contributed by atoms with Crippen molar-refractivity contribution in [2.75, 3.05) is 0 Å². The van der Waals surface area contributed by atoms with Crippen molar-refractivity contribution >= 4 is 28.8 Å². The Balaban J connectivity index is 2.00. The first kappa shape index (κ1) is 15.9. The SMILES string of the molecule is C=CC(C(=O)O)C1Sc2nc3ccccc3n2C1(O)c1ccccc1. The molecule has 3 atom stereocenters. The number of hydrogen-bond acceptors (Lipinski definition) is 4. The molecule has 0 aliphatic carbocycles. The van der Waals surface area contributed by atoms with Crippen molar-refractivity contribution < 1.29 is 15.0 Å². The maximum absolute atomic E-state index is 11.8. The summed E-state index contributed by atoms with van der Waals surface area (Å²) in [7, 11) is 0. The van der Waals surface area contributed by atoms with E-state index in [-0.39, 0.29) is 0 Å². The first-order chi connectivity index (χ1) is 12.1. The third-order valence-corrected chi connectivity index (χ3v) is 5.92. The summed E-state index contributed by atoms with van der Waals surface area (Å²) in [6.07, 6.45) is 1.38. The molecule has 1 aliphatic rings. The predicted molar refractivity (Wildman–Crippen MR) is 96.4 cm³/mol. The molecule has 0 saturated carbocycles. The summed E-state index contributed by atoms with van der Waals surface area (Å²) in [5.41, 5.74) is 0.632. The molecule has 3 aromatic rings. The van der Waals surface area contributed by atoms with Crippen LogP contribution in [0.5, 0.6) is 0 Å². The van der Waals surface area contributed by atoms with Gasteiger partial charge in [-0.05, 0) is 12.1 Å². The molecule has 1 aromatic heterocycles. The third kappa shape index (κ3) is 2.22. The molecule has 4 rings (SSSR count). The van der Waals surface area contributed by atoms with Crippen LogP contribution in [0.3, 0.4) is 0 Å². The molecular formula is C19H16N2O3S. The fourth-order valence-corrected chi connectivity index (χ4v) is 4.89. The summed E-state index contributed by atoms with van der Waals surface area (Å²) in [6.45, 7) is 3.66. The fourth-order valence-electron chi connectivity index (χ4n) is 3.39. The molecule has 0 bridgehead atoms. The van der Waals surface area contributed by atoms with Crippen molar-refractivity contribution in [2.45, 2.75) is 16.1 Å². The van der Waals surface area contributed by atoms with Gasteiger partial charge in [-0.25, -0.2) is 4.98 Å². The maximum Gasteiger partial charge on any atom is 0.311 e. The summed E-state index contributed by atoms with van der Waals surface area (Å²) in [5, 5.41) is 21.4. The molecule has 3 unspecified atom stereocenters. The van der Waals surface area contributed by atoms with Crippen molar-refractivity contribution in [1.82, 2.24) is 9.55 Å². The zero-order valence-corrected chi connectivity index (χ0v) is 14.1. The lowest BCUT2D eigenvalue weighted by Gasteiger charge is -2.34. The van der Waals surface area contributed by atoms with Crippen LogP contribution in [0, 0.1) is 5.92 Å². The second kappa shape index (κ2) is 5.75. The van der Waals surface area contributed by atoms with E-state index in [1.807, 2.05) is 42.5 Å². The van der Waals surface area contributed by atoms with E-state index in [1.165, 1.54) is 17.8 Å². The lowest BCUT2D eigenvalue weighted by atomic mass is 9.90. The van der Waals surface area contributed by atoms with Crippen LogP contribution in [0.2, 0.25) is 0 Å². The molecule has 126 valence electrons. The topological polar surface area (TPSA) is 75.3 Å². The summed E-state index contributed by atoms with van der Waals surface area (Å²) in [5.74, 6) is -1.94. The third-order valence-electron chi connectivity index (χ3n) is 4.56. The molecule has 25 heavy (non-hydrogen) atoms. The molecule has 2 N–H and O–H groups in total. The number of thioether (sulfide) groups is 1. The Labute approximate surface area is 148 Å². The second-order valence-corrected chi connectivity index (χ2v) is 7.06. The highest BCUT2D eigenvalue weighted by Crippen LogP contribution is 2.51. The number of rotatable bonds is 4. The second-order valence-electron chi connectivity index (χ2n) is 5.95. The summed E-state index contributed by atoms with van der Waals surface area (Å²) in [4.78, 5) is 16.3. The Morgan fingerprint density at radius 1 is 1.24 bits per heavy atom. The predicted octanol–water partition coefficient (Wildman–Crippen LogP) is 3.09. The van der Waals surface area contributed by atoms with E-state index in [2.05, 4.69) is 11.6 Å². The number of para-hydroxylation sites is 2. The Morgan fingerprint density at radius 3 is 2.60 bits per heavy atom. The minimum Gasteiger partial charge on any atom is -0.481 e. The molecule has 2 heterocycles. The Bertz CT molecular complexity index is 969. The first-order valence-corrected chi connectivity index (χ1v) is 8.73. The van der Waals surface area contributed by atoms with Gasteiger partial charge in [0, 0.05) is 5.56 Å². The van der Waals surface area contributed by atoms with Gasteiger partial charge in [0.2, 0.25) is 0 Å². The lowest BCUT2D eigenvalue weighted by Crippen LogP contribution is -2.45. The van der Waals surface area contributed by atoms with Crippen molar-refractivity contribution in [3.8, 4) is 0 Å². The lowest BCUT2D eigenvalue weighted by molar-refractivity contribution is -0.142. The molecule has 6 heteroatoms. The number of fused-ring (bicyclic) bond motifs is 3. The van der Waals surface area contributed by atoms with Crippen LogP contribution >= 0.6 is 11.8 Å². The summed E-state index contributed by atoms with van der Waals surface area (Å²) < 4.78 is 1.74. The number of imidazole rings is 1. The largest absolute Gasteiger partial charge is 0.481 e. The quantitative estimate of drug-likeness (QED) is 0.706. The van der Waals surface area contributed by atoms with Gasteiger partial charge in [0.1, 0.15) is 0 Å². The highest BCUT2D eigenvalue weighted by atomic mass is 32.2. The van der Waals surface area contributed by atoms with E-state index in [0.717, 1.165) is 11.0 Å². The molecule has 0 saturated heterocycles. The van der Waals surface area contributed by atoms with Gasteiger partial charge in [0.05, 0.1) is 22.2 Å². The normalized spacial score (nSPS) is 23.3. The zero-order valence-electron chi connectivity index (χ0n) is 13.2. The van der Waals surface area contributed by atoms with Gasteiger partial charge >= 0.3 is 5.97 Å². The number of aliphatic hydroxyl groups is 1. The van der Waals surface area contributed by atoms with Crippen LogP contribution in [0.15, 0.2) is 72.4 Å². The van der Waals surface area contributed by atoms with Gasteiger partial charge < -0.3 is 10.2 Å². The first-order valence-electron chi connectivity index (χ1n) is 7.85. The Kier molecular flexibility index (Phi) is 3.67. The van der Waals surface area contributed by atoms with Gasteiger partial charge in [0.25, 0.3) is 0 Å². The number of carboxylic acid groups (broad SMARTS) is 1. The maximum atomic E-state index is 11.8. The van der Waals surface area contributed by atoms with E-state index in [1.54, 1.807) is 16.7 Å². The number of benzene rings is 2. The van der Waals surface area contributed by atoms with Crippen LogP contribution in [0.25, 0.3) is 11.0 Å². The van der Waals surface area contributed by atoms with Gasteiger partial charge in [-0.15, -0.1) is 6.58 Å². The molecule has 0 fully saturated rings.